The zero-order valence-corrected chi connectivity index (χ0v) is 11.8. The van der Waals surface area contributed by atoms with Gasteiger partial charge >= 0.3 is 0 Å². The molecule has 108 valence electrons. The summed E-state index contributed by atoms with van der Waals surface area (Å²) in [7, 11) is -2.28. The molecule has 1 aromatic carbocycles. The van der Waals surface area contributed by atoms with Crippen LogP contribution in [0.1, 0.15) is 24.9 Å². The van der Waals surface area contributed by atoms with E-state index >= 15 is 0 Å². The molecule has 0 saturated heterocycles. The van der Waals surface area contributed by atoms with E-state index in [1.807, 2.05) is 0 Å². The first-order valence-corrected chi connectivity index (χ1v) is 7.41. The van der Waals surface area contributed by atoms with Gasteiger partial charge in [-0.15, -0.1) is 0 Å². The summed E-state index contributed by atoms with van der Waals surface area (Å²) in [4.78, 5) is 0. The standard InChI is InChI=1S/C12H19FN2O3S/c1-10(11-6-3-4-7-12(11)13)14-19(17,18)15(2)8-5-9-16/h3-4,6-7,10,14,16H,5,8-9H2,1-2H3. The molecule has 1 rings (SSSR count). The minimum absolute atomic E-state index is 0.0806. The topological polar surface area (TPSA) is 69.6 Å². The molecule has 0 aliphatic carbocycles. The van der Waals surface area contributed by atoms with Gasteiger partial charge in [0.2, 0.25) is 0 Å². The van der Waals surface area contributed by atoms with E-state index in [0.29, 0.717) is 12.0 Å². The van der Waals surface area contributed by atoms with E-state index in [2.05, 4.69) is 4.72 Å². The summed E-state index contributed by atoms with van der Waals surface area (Å²) in [5.74, 6) is -0.448. The summed E-state index contributed by atoms with van der Waals surface area (Å²) in [6.07, 6.45) is 0.353. The Morgan fingerprint density at radius 1 is 1.42 bits per heavy atom. The third kappa shape index (κ3) is 4.54. The Morgan fingerprint density at radius 2 is 2.05 bits per heavy atom. The second kappa shape index (κ2) is 6.95. The van der Waals surface area contributed by atoms with Crippen molar-refractivity contribution < 1.29 is 17.9 Å². The summed E-state index contributed by atoms with van der Waals surface area (Å²) in [5.41, 5.74) is 0.293. The van der Waals surface area contributed by atoms with Crippen LogP contribution >= 0.6 is 0 Å². The molecule has 7 heteroatoms. The summed E-state index contributed by atoms with van der Waals surface area (Å²) in [6, 6.07) is 5.36. The van der Waals surface area contributed by atoms with E-state index in [-0.39, 0.29) is 13.2 Å². The lowest BCUT2D eigenvalue weighted by Crippen LogP contribution is -2.40. The van der Waals surface area contributed by atoms with Gasteiger partial charge in [-0.2, -0.15) is 17.4 Å². The van der Waals surface area contributed by atoms with Crippen LogP contribution in [0.3, 0.4) is 0 Å². The molecular weight excluding hydrogens is 271 g/mol. The molecule has 1 aromatic rings. The number of halogens is 1. The summed E-state index contributed by atoms with van der Waals surface area (Å²) < 4.78 is 40.9. The number of hydrogen-bond acceptors (Lipinski definition) is 3. The van der Waals surface area contributed by atoms with Crippen molar-refractivity contribution in [1.82, 2.24) is 9.03 Å². The summed E-state index contributed by atoms with van der Waals surface area (Å²) >= 11 is 0. The van der Waals surface area contributed by atoms with Crippen molar-refractivity contribution in [2.45, 2.75) is 19.4 Å². The van der Waals surface area contributed by atoms with Gasteiger partial charge in [0.25, 0.3) is 10.2 Å². The minimum atomic E-state index is -3.69. The van der Waals surface area contributed by atoms with E-state index in [9.17, 15) is 12.8 Å². The smallest absolute Gasteiger partial charge is 0.279 e. The Bertz CT molecular complexity index is 507. The van der Waals surface area contributed by atoms with Gasteiger partial charge in [0, 0.05) is 31.8 Å². The molecule has 0 radical (unpaired) electrons. The Labute approximate surface area is 113 Å². The van der Waals surface area contributed by atoms with Gasteiger partial charge < -0.3 is 5.11 Å². The van der Waals surface area contributed by atoms with Gasteiger partial charge in [0.15, 0.2) is 0 Å². The first kappa shape index (κ1) is 16.0. The molecular formula is C12H19FN2O3S. The number of hydrogen-bond donors (Lipinski definition) is 2. The Kier molecular flexibility index (Phi) is 5.86. The van der Waals surface area contributed by atoms with Gasteiger partial charge in [0.1, 0.15) is 5.82 Å². The second-order valence-electron chi connectivity index (χ2n) is 4.26. The molecule has 1 atom stereocenters. The largest absolute Gasteiger partial charge is 0.396 e. The lowest BCUT2D eigenvalue weighted by molar-refractivity contribution is 0.275. The lowest BCUT2D eigenvalue weighted by atomic mass is 10.1. The van der Waals surface area contributed by atoms with Crippen molar-refractivity contribution in [3.8, 4) is 0 Å². The lowest BCUT2D eigenvalue weighted by Gasteiger charge is -2.21. The van der Waals surface area contributed by atoms with Crippen LogP contribution in [0.4, 0.5) is 4.39 Å². The van der Waals surface area contributed by atoms with Crippen LogP contribution in [0.25, 0.3) is 0 Å². The highest BCUT2D eigenvalue weighted by Crippen LogP contribution is 2.17. The number of rotatable bonds is 7. The maximum absolute atomic E-state index is 13.5. The molecule has 0 heterocycles. The number of nitrogens with zero attached hydrogens (tertiary/aromatic N) is 1. The van der Waals surface area contributed by atoms with Gasteiger partial charge in [0.05, 0.1) is 0 Å². The van der Waals surface area contributed by atoms with Crippen molar-refractivity contribution >= 4 is 10.2 Å². The Morgan fingerprint density at radius 3 is 2.63 bits per heavy atom. The number of benzene rings is 1. The van der Waals surface area contributed by atoms with Crippen LogP contribution in [-0.4, -0.2) is 38.0 Å². The fourth-order valence-corrected chi connectivity index (χ4v) is 2.74. The highest BCUT2D eigenvalue weighted by molar-refractivity contribution is 7.87. The fourth-order valence-electron chi connectivity index (χ4n) is 1.62. The highest BCUT2D eigenvalue weighted by atomic mass is 32.2. The van der Waals surface area contributed by atoms with E-state index in [1.54, 1.807) is 19.1 Å². The normalized spacial score (nSPS) is 13.7. The number of aliphatic hydroxyl groups excluding tert-OH is 1. The van der Waals surface area contributed by atoms with Crippen LogP contribution < -0.4 is 4.72 Å². The maximum atomic E-state index is 13.5. The van der Waals surface area contributed by atoms with Crippen molar-refractivity contribution in [3.63, 3.8) is 0 Å². The first-order chi connectivity index (χ1) is 8.88. The Hall–Kier alpha value is -1.02. The second-order valence-corrected chi connectivity index (χ2v) is 6.07. The van der Waals surface area contributed by atoms with Crippen molar-refractivity contribution in [1.29, 1.82) is 0 Å². The fraction of sp³-hybridized carbons (Fsp3) is 0.500. The third-order valence-corrected chi connectivity index (χ3v) is 4.39. The average Bonchev–Trinajstić information content (AvgIpc) is 2.35. The first-order valence-electron chi connectivity index (χ1n) is 5.97. The molecule has 0 fully saturated rings. The van der Waals surface area contributed by atoms with E-state index in [1.165, 1.54) is 19.2 Å². The van der Waals surface area contributed by atoms with Gasteiger partial charge in [-0.3, -0.25) is 0 Å². The molecule has 0 aliphatic heterocycles. The van der Waals surface area contributed by atoms with Crippen LogP contribution in [0.15, 0.2) is 24.3 Å². The summed E-state index contributed by atoms with van der Waals surface area (Å²) in [6.45, 7) is 1.70. The zero-order chi connectivity index (χ0) is 14.5. The predicted octanol–water partition coefficient (Wildman–Crippen LogP) is 1.04. The van der Waals surface area contributed by atoms with E-state index in [0.717, 1.165) is 4.31 Å². The minimum Gasteiger partial charge on any atom is -0.396 e. The molecule has 19 heavy (non-hydrogen) atoms. The quantitative estimate of drug-likeness (QED) is 0.788. The average molecular weight is 290 g/mol. The Balaban J connectivity index is 2.76. The zero-order valence-electron chi connectivity index (χ0n) is 11.0. The highest BCUT2D eigenvalue weighted by Gasteiger charge is 2.21. The number of aliphatic hydroxyl groups is 1. The van der Waals surface area contributed by atoms with Gasteiger partial charge in [-0.1, -0.05) is 18.2 Å². The van der Waals surface area contributed by atoms with Crippen LogP contribution in [0.5, 0.6) is 0 Å². The number of nitrogens with one attached hydrogen (secondary N) is 1. The van der Waals surface area contributed by atoms with Crippen molar-refractivity contribution in [2.24, 2.45) is 0 Å². The third-order valence-electron chi connectivity index (χ3n) is 2.74. The molecule has 5 nitrogen and oxygen atoms in total. The molecule has 0 saturated carbocycles. The summed E-state index contributed by atoms with van der Waals surface area (Å²) in [5, 5.41) is 8.69. The maximum Gasteiger partial charge on any atom is 0.279 e. The van der Waals surface area contributed by atoms with Crippen LogP contribution in [0, 0.1) is 5.82 Å². The van der Waals surface area contributed by atoms with Crippen molar-refractivity contribution in [2.75, 3.05) is 20.2 Å². The van der Waals surface area contributed by atoms with E-state index in [4.69, 9.17) is 5.11 Å². The predicted molar refractivity (Wildman–Crippen MR) is 71.2 cm³/mol. The van der Waals surface area contributed by atoms with Gasteiger partial charge in [-0.05, 0) is 19.4 Å². The van der Waals surface area contributed by atoms with Crippen molar-refractivity contribution in [3.05, 3.63) is 35.6 Å². The monoisotopic (exact) mass is 290 g/mol. The SMILES string of the molecule is CC(NS(=O)(=O)N(C)CCCO)c1ccccc1F. The molecule has 2 N–H and O–H groups in total. The van der Waals surface area contributed by atoms with Crippen LogP contribution in [0.2, 0.25) is 0 Å². The molecule has 0 aromatic heterocycles. The van der Waals surface area contributed by atoms with Crippen LogP contribution in [-0.2, 0) is 10.2 Å². The molecule has 0 spiro atoms. The molecule has 0 bridgehead atoms. The molecule has 0 aliphatic rings. The van der Waals surface area contributed by atoms with E-state index < -0.39 is 22.1 Å². The van der Waals surface area contributed by atoms with Gasteiger partial charge in [-0.25, -0.2) is 4.39 Å². The molecule has 1 unspecified atom stereocenters. The molecule has 0 amide bonds.